The zero-order valence-electron chi connectivity index (χ0n) is 16.3. The summed E-state index contributed by atoms with van der Waals surface area (Å²) in [6.07, 6.45) is 2.09. The van der Waals surface area contributed by atoms with E-state index in [9.17, 15) is 14.7 Å². The number of benzene rings is 2. The minimum absolute atomic E-state index is 0.0621. The van der Waals surface area contributed by atoms with Crippen molar-refractivity contribution in [2.75, 3.05) is 19.7 Å². The minimum Gasteiger partial charge on any atom is -0.481 e. The highest BCUT2D eigenvalue weighted by atomic mass is 16.6. The molecule has 150 valence electrons. The number of likely N-dealkylation sites (tertiary alicyclic amines) is 1. The van der Waals surface area contributed by atoms with Crippen LogP contribution in [0, 0.1) is 17.8 Å². The van der Waals surface area contributed by atoms with Gasteiger partial charge in [-0.05, 0) is 53.4 Å². The number of piperidine rings is 1. The summed E-state index contributed by atoms with van der Waals surface area (Å²) >= 11 is 0. The highest BCUT2D eigenvalue weighted by Gasteiger charge is 2.40. The maximum Gasteiger partial charge on any atom is 0.409 e. The summed E-state index contributed by atoms with van der Waals surface area (Å²) in [5, 5.41) is 9.33. The van der Waals surface area contributed by atoms with E-state index in [1.54, 1.807) is 4.90 Å². The summed E-state index contributed by atoms with van der Waals surface area (Å²) in [4.78, 5) is 26.0. The number of aliphatic carboxylic acids is 1. The Morgan fingerprint density at radius 1 is 0.897 bits per heavy atom. The predicted octanol–water partition coefficient (Wildman–Crippen LogP) is 4.37. The number of nitrogens with zero attached hydrogens (tertiary/aromatic N) is 1. The molecular formula is C24H25NO4. The van der Waals surface area contributed by atoms with Crippen molar-refractivity contribution in [3.63, 3.8) is 0 Å². The van der Waals surface area contributed by atoms with Gasteiger partial charge in [-0.25, -0.2) is 4.79 Å². The monoisotopic (exact) mass is 391 g/mol. The summed E-state index contributed by atoms with van der Waals surface area (Å²) < 4.78 is 5.79. The van der Waals surface area contributed by atoms with E-state index in [0.29, 0.717) is 32.5 Å². The largest absolute Gasteiger partial charge is 0.481 e. The Bertz CT molecular complexity index is 896. The molecule has 1 saturated heterocycles. The SMILES string of the molecule is O=C(O)C1CC2CC(C1)CN(C(=O)OCC1c3ccccc3-c3ccccc31)C2. The molecule has 29 heavy (non-hydrogen) atoms. The third kappa shape index (κ3) is 3.28. The Hall–Kier alpha value is -2.82. The van der Waals surface area contributed by atoms with Crippen LogP contribution in [0.3, 0.4) is 0 Å². The maximum atomic E-state index is 12.8. The van der Waals surface area contributed by atoms with Crippen molar-refractivity contribution in [2.45, 2.75) is 25.2 Å². The number of hydrogen-bond acceptors (Lipinski definition) is 3. The van der Waals surface area contributed by atoms with Gasteiger partial charge >= 0.3 is 12.1 Å². The molecule has 2 bridgehead atoms. The number of carbonyl (C=O) groups excluding carboxylic acids is 1. The van der Waals surface area contributed by atoms with E-state index in [-0.39, 0.29) is 29.8 Å². The first-order valence-corrected chi connectivity index (χ1v) is 10.4. The van der Waals surface area contributed by atoms with Crippen molar-refractivity contribution in [1.29, 1.82) is 0 Å². The van der Waals surface area contributed by atoms with Crippen molar-refractivity contribution in [1.82, 2.24) is 4.90 Å². The fraction of sp³-hybridized carbons (Fsp3) is 0.417. The molecule has 2 fully saturated rings. The van der Waals surface area contributed by atoms with Crippen LogP contribution in [0.15, 0.2) is 48.5 Å². The molecule has 1 N–H and O–H groups in total. The second-order valence-electron chi connectivity index (χ2n) is 8.68. The van der Waals surface area contributed by atoms with Crippen molar-refractivity contribution < 1.29 is 19.4 Å². The van der Waals surface area contributed by atoms with Crippen LogP contribution >= 0.6 is 0 Å². The summed E-state index contributed by atoms with van der Waals surface area (Å²) in [7, 11) is 0. The first-order valence-electron chi connectivity index (χ1n) is 10.4. The number of hydrogen-bond donors (Lipinski definition) is 1. The van der Waals surface area contributed by atoms with Gasteiger partial charge < -0.3 is 14.7 Å². The first-order chi connectivity index (χ1) is 14.1. The zero-order chi connectivity index (χ0) is 20.0. The molecular weight excluding hydrogens is 366 g/mol. The van der Waals surface area contributed by atoms with Crippen molar-refractivity contribution in [3.8, 4) is 11.1 Å². The molecule has 1 aliphatic heterocycles. The molecule has 1 amide bonds. The average Bonchev–Trinajstić information content (AvgIpc) is 3.05. The van der Waals surface area contributed by atoms with E-state index < -0.39 is 5.97 Å². The fourth-order valence-corrected chi connectivity index (χ4v) is 5.60. The second kappa shape index (κ2) is 7.21. The molecule has 3 aliphatic rings. The van der Waals surface area contributed by atoms with Gasteiger partial charge in [0.15, 0.2) is 0 Å². The number of amides is 1. The molecule has 5 rings (SSSR count). The predicted molar refractivity (Wildman–Crippen MR) is 109 cm³/mol. The van der Waals surface area contributed by atoms with Gasteiger partial charge in [0, 0.05) is 19.0 Å². The lowest BCUT2D eigenvalue weighted by atomic mass is 9.72. The van der Waals surface area contributed by atoms with Gasteiger partial charge in [0.05, 0.1) is 5.92 Å². The van der Waals surface area contributed by atoms with Crippen LogP contribution in [0.25, 0.3) is 11.1 Å². The van der Waals surface area contributed by atoms with Gasteiger partial charge in [0.25, 0.3) is 0 Å². The molecule has 0 aromatic heterocycles. The molecule has 1 saturated carbocycles. The maximum absolute atomic E-state index is 12.8. The van der Waals surface area contributed by atoms with E-state index >= 15 is 0 Å². The Kier molecular flexibility index (Phi) is 4.53. The molecule has 2 aromatic rings. The molecule has 0 radical (unpaired) electrons. The van der Waals surface area contributed by atoms with E-state index in [2.05, 4.69) is 24.3 Å². The van der Waals surface area contributed by atoms with E-state index in [1.807, 2.05) is 24.3 Å². The Balaban J connectivity index is 1.27. The van der Waals surface area contributed by atoms with Crippen LogP contribution in [0.4, 0.5) is 4.79 Å². The first kappa shape index (κ1) is 18.2. The topological polar surface area (TPSA) is 66.8 Å². The Morgan fingerprint density at radius 2 is 1.45 bits per heavy atom. The molecule has 2 atom stereocenters. The number of carbonyl (C=O) groups is 2. The molecule has 5 heteroatoms. The summed E-state index contributed by atoms with van der Waals surface area (Å²) in [5.74, 6) is -0.363. The summed E-state index contributed by atoms with van der Waals surface area (Å²) in [6.45, 7) is 1.55. The third-order valence-corrected chi connectivity index (χ3v) is 6.80. The highest BCUT2D eigenvalue weighted by molar-refractivity contribution is 5.79. The number of carboxylic acid groups (broad SMARTS) is 1. The summed E-state index contributed by atoms with van der Waals surface area (Å²) in [5.41, 5.74) is 4.86. The van der Waals surface area contributed by atoms with Crippen LogP contribution in [-0.4, -0.2) is 41.8 Å². The van der Waals surface area contributed by atoms with E-state index in [0.717, 1.165) is 6.42 Å². The van der Waals surface area contributed by atoms with E-state index in [1.165, 1.54) is 22.3 Å². The lowest BCUT2D eigenvalue weighted by Gasteiger charge is -2.42. The number of fused-ring (bicyclic) bond motifs is 5. The average molecular weight is 391 g/mol. The summed E-state index contributed by atoms with van der Waals surface area (Å²) in [6, 6.07) is 16.6. The lowest BCUT2D eigenvalue weighted by molar-refractivity contribution is -0.144. The van der Waals surface area contributed by atoms with Crippen LogP contribution in [0.5, 0.6) is 0 Å². The van der Waals surface area contributed by atoms with Gasteiger partial charge in [0.2, 0.25) is 0 Å². The Morgan fingerprint density at radius 3 is 2.00 bits per heavy atom. The van der Waals surface area contributed by atoms with Gasteiger partial charge in [-0.15, -0.1) is 0 Å². The highest BCUT2D eigenvalue weighted by Crippen LogP contribution is 2.44. The van der Waals surface area contributed by atoms with E-state index in [4.69, 9.17) is 4.74 Å². The molecule has 5 nitrogen and oxygen atoms in total. The molecule has 2 aliphatic carbocycles. The lowest BCUT2D eigenvalue weighted by Crippen LogP contribution is -2.48. The molecule has 2 unspecified atom stereocenters. The van der Waals surface area contributed by atoms with Gasteiger partial charge in [-0.1, -0.05) is 48.5 Å². The minimum atomic E-state index is -0.700. The quantitative estimate of drug-likeness (QED) is 0.844. The third-order valence-electron chi connectivity index (χ3n) is 6.80. The number of carboxylic acids is 1. The van der Waals surface area contributed by atoms with Crippen LogP contribution in [0.2, 0.25) is 0 Å². The smallest absolute Gasteiger partial charge is 0.409 e. The molecule has 0 spiro atoms. The van der Waals surface area contributed by atoms with Crippen molar-refractivity contribution in [3.05, 3.63) is 59.7 Å². The van der Waals surface area contributed by atoms with Crippen LogP contribution in [-0.2, 0) is 9.53 Å². The molecule has 2 aromatic carbocycles. The van der Waals surface area contributed by atoms with Gasteiger partial charge in [-0.3, -0.25) is 4.79 Å². The second-order valence-corrected chi connectivity index (χ2v) is 8.68. The zero-order valence-corrected chi connectivity index (χ0v) is 16.3. The number of ether oxygens (including phenoxy) is 1. The van der Waals surface area contributed by atoms with Gasteiger partial charge in [-0.2, -0.15) is 0 Å². The van der Waals surface area contributed by atoms with Crippen LogP contribution in [0.1, 0.15) is 36.3 Å². The van der Waals surface area contributed by atoms with Crippen molar-refractivity contribution >= 4 is 12.1 Å². The Labute approximate surface area is 170 Å². The van der Waals surface area contributed by atoms with Crippen molar-refractivity contribution in [2.24, 2.45) is 17.8 Å². The standard InChI is InChI=1S/C24H25NO4/c26-23(27)17-10-15-9-16(11-17)13-25(12-15)24(28)29-14-22-20-7-3-1-5-18(20)19-6-2-4-8-21(19)22/h1-8,15-17,22H,9-14H2,(H,26,27). The van der Waals surface area contributed by atoms with Crippen LogP contribution < -0.4 is 0 Å². The molecule has 1 heterocycles. The fourth-order valence-electron chi connectivity index (χ4n) is 5.60. The normalized spacial score (nSPS) is 25.2. The van der Waals surface area contributed by atoms with Gasteiger partial charge in [0.1, 0.15) is 6.61 Å². The number of rotatable bonds is 3.